The Balaban J connectivity index is 1.78. The fraction of sp³-hybridized carbons (Fsp3) is 0.643. The van der Waals surface area contributed by atoms with E-state index in [0.717, 1.165) is 18.5 Å². The molecule has 0 aromatic carbocycles. The Labute approximate surface area is 108 Å². The highest BCUT2D eigenvalue weighted by molar-refractivity contribution is 5.29. The lowest BCUT2D eigenvalue weighted by Gasteiger charge is -2.18. The number of aryl methyl sites for hydroxylation is 1. The van der Waals surface area contributed by atoms with Crippen molar-refractivity contribution < 1.29 is 14.6 Å². The maximum absolute atomic E-state index is 10.2. The molecule has 1 N–H and O–H groups in total. The number of nitrogens with zero attached hydrogens (tertiary/aromatic N) is 1. The number of rotatable bonds is 7. The lowest BCUT2D eigenvalue weighted by Crippen LogP contribution is -2.20. The molecule has 0 saturated carbocycles. The highest BCUT2D eigenvalue weighted by Gasteiger charge is 2.29. The van der Waals surface area contributed by atoms with Gasteiger partial charge in [-0.05, 0) is 30.9 Å². The Bertz CT molecular complexity index is 370. The van der Waals surface area contributed by atoms with Gasteiger partial charge in [0, 0.05) is 31.5 Å². The smallest absolute Gasteiger partial charge is 0.0700 e. The van der Waals surface area contributed by atoms with E-state index in [-0.39, 0.29) is 12.0 Å². The van der Waals surface area contributed by atoms with Crippen molar-refractivity contribution >= 4 is 0 Å². The van der Waals surface area contributed by atoms with Gasteiger partial charge in [0.05, 0.1) is 19.3 Å². The highest BCUT2D eigenvalue weighted by atomic mass is 16.5. The van der Waals surface area contributed by atoms with Crippen LogP contribution in [0.2, 0.25) is 0 Å². The summed E-state index contributed by atoms with van der Waals surface area (Å²) in [5.74, 6) is 0.173. The van der Waals surface area contributed by atoms with Crippen LogP contribution in [0.5, 0.6) is 0 Å². The Kier molecular flexibility index (Phi) is 5.11. The van der Waals surface area contributed by atoms with Crippen LogP contribution in [0.15, 0.2) is 18.3 Å². The normalized spacial score (nSPS) is 19.8. The maximum atomic E-state index is 10.2. The first-order valence-electron chi connectivity index (χ1n) is 6.51. The zero-order valence-corrected chi connectivity index (χ0v) is 10.8. The average Bonchev–Trinajstić information content (AvgIpc) is 2.82. The van der Waals surface area contributed by atoms with Crippen molar-refractivity contribution in [2.75, 3.05) is 26.9 Å². The minimum Gasteiger partial charge on any atom is -0.392 e. The second kappa shape index (κ2) is 6.83. The summed E-state index contributed by atoms with van der Waals surface area (Å²) in [7, 11) is 1.65. The van der Waals surface area contributed by atoms with Gasteiger partial charge >= 0.3 is 0 Å². The third-order valence-corrected chi connectivity index (χ3v) is 3.46. The van der Waals surface area contributed by atoms with E-state index in [1.807, 2.05) is 6.07 Å². The van der Waals surface area contributed by atoms with Crippen LogP contribution in [0, 0.1) is 0 Å². The van der Waals surface area contributed by atoms with Gasteiger partial charge in [-0.15, -0.1) is 0 Å². The first-order valence-corrected chi connectivity index (χ1v) is 6.51. The monoisotopic (exact) mass is 251 g/mol. The van der Waals surface area contributed by atoms with Crippen molar-refractivity contribution in [1.29, 1.82) is 0 Å². The van der Waals surface area contributed by atoms with Gasteiger partial charge in [0.15, 0.2) is 0 Å². The predicted octanol–water partition coefficient (Wildman–Crippen LogP) is 1.53. The SMILES string of the molecule is COCCOCCC(O)C1CCc2cccnc21. The van der Waals surface area contributed by atoms with E-state index in [2.05, 4.69) is 11.1 Å². The molecule has 0 saturated heterocycles. The molecule has 1 aliphatic carbocycles. The van der Waals surface area contributed by atoms with Crippen molar-refractivity contribution in [2.24, 2.45) is 0 Å². The summed E-state index contributed by atoms with van der Waals surface area (Å²) in [5, 5.41) is 10.2. The predicted molar refractivity (Wildman–Crippen MR) is 68.6 cm³/mol. The number of ether oxygens (including phenoxy) is 2. The molecule has 2 atom stereocenters. The van der Waals surface area contributed by atoms with Crippen molar-refractivity contribution in [3.05, 3.63) is 29.6 Å². The summed E-state index contributed by atoms with van der Waals surface area (Å²) in [6, 6.07) is 4.06. The number of fused-ring (bicyclic) bond motifs is 1. The number of methoxy groups -OCH3 is 1. The van der Waals surface area contributed by atoms with Crippen LogP contribution >= 0.6 is 0 Å². The summed E-state index contributed by atoms with van der Waals surface area (Å²) >= 11 is 0. The van der Waals surface area contributed by atoms with Gasteiger partial charge in [-0.2, -0.15) is 0 Å². The summed E-state index contributed by atoms with van der Waals surface area (Å²) in [4.78, 5) is 4.40. The second-order valence-corrected chi connectivity index (χ2v) is 4.65. The lowest BCUT2D eigenvalue weighted by atomic mass is 9.97. The molecule has 100 valence electrons. The second-order valence-electron chi connectivity index (χ2n) is 4.65. The standard InChI is InChI=1S/C14H21NO3/c1-17-9-10-18-8-6-13(16)12-5-4-11-3-2-7-15-14(11)12/h2-3,7,12-13,16H,4-6,8-10H2,1H3. The Morgan fingerprint density at radius 1 is 1.44 bits per heavy atom. The molecular weight excluding hydrogens is 230 g/mol. The quantitative estimate of drug-likeness (QED) is 0.747. The van der Waals surface area contributed by atoms with E-state index in [9.17, 15) is 5.11 Å². The molecule has 4 heteroatoms. The van der Waals surface area contributed by atoms with Crippen LogP contribution in [0.25, 0.3) is 0 Å². The first kappa shape index (κ1) is 13.5. The molecule has 0 bridgehead atoms. The van der Waals surface area contributed by atoms with Crippen molar-refractivity contribution in [3.63, 3.8) is 0 Å². The number of pyridine rings is 1. The van der Waals surface area contributed by atoms with Crippen LogP contribution < -0.4 is 0 Å². The van der Waals surface area contributed by atoms with Crippen molar-refractivity contribution in [1.82, 2.24) is 4.98 Å². The van der Waals surface area contributed by atoms with E-state index in [0.29, 0.717) is 26.2 Å². The number of aliphatic hydroxyl groups is 1. The van der Waals surface area contributed by atoms with Crippen LogP contribution in [0.3, 0.4) is 0 Å². The van der Waals surface area contributed by atoms with Gasteiger partial charge in [0.1, 0.15) is 0 Å². The van der Waals surface area contributed by atoms with E-state index < -0.39 is 0 Å². The number of aliphatic hydroxyl groups excluding tert-OH is 1. The third kappa shape index (κ3) is 3.28. The molecular formula is C14H21NO3. The number of hydrogen-bond acceptors (Lipinski definition) is 4. The molecule has 4 nitrogen and oxygen atoms in total. The fourth-order valence-electron chi connectivity index (χ4n) is 2.47. The fourth-order valence-corrected chi connectivity index (χ4v) is 2.47. The Hall–Kier alpha value is -0.970. The number of hydrogen-bond donors (Lipinski definition) is 1. The minimum absolute atomic E-state index is 0.173. The largest absolute Gasteiger partial charge is 0.392 e. The van der Waals surface area contributed by atoms with Crippen molar-refractivity contribution in [3.8, 4) is 0 Å². The van der Waals surface area contributed by atoms with Gasteiger partial charge in [-0.3, -0.25) is 4.98 Å². The number of aromatic nitrogens is 1. The minimum atomic E-state index is -0.358. The molecule has 0 aliphatic heterocycles. The molecule has 1 aromatic rings. The van der Waals surface area contributed by atoms with Gasteiger partial charge in [-0.25, -0.2) is 0 Å². The molecule has 0 spiro atoms. The van der Waals surface area contributed by atoms with Gasteiger partial charge < -0.3 is 14.6 Å². The lowest BCUT2D eigenvalue weighted by molar-refractivity contribution is 0.0409. The van der Waals surface area contributed by atoms with E-state index in [4.69, 9.17) is 9.47 Å². The molecule has 0 amide bonds. The molecule has 1 aliphatic rings. The summed E-state index contributed by atoms with van der Waals surface area (Å²) in [6.07, 6.45) is 4.12. The van der Waals surface area contributed by atoms with E-state index in [1.54, 1.807) is 13.3 Å². The molecule has 1 heterocycles. The molecule has 0 fully saturated rings. The molecule has 0 radical (unpaired) electrons. The van der Waals surface area contributed by atoms with Crippen LogP contribution in [0.4, 0.5) is 0 Å². The third-order valence-electron chi connectivity index (χ3n) is 3.46. The zero-order valence-electron chi connectivity index (χ0n) is 10.8. The topological polar surface area (TPSA) is 51.6 Å². The van der Waals surface area contributed by atoms with Crippen LogP contribution in [-0.2, 0) is 15.9 Å². The van der Waals surface area contributed by atoms with Gasteiger partial charge in [0.2, 0.25) is 0 Å². The summed E-state index contributed by atoms with van der Waals surface area (Å²) in [5.41, 5.74) is 2.35. The van der Waals surface area contributed by atoms with E-state index in [1.165, 1.54) is 5.56 Å². The molecule has 1 aromatic heterocycles. The first-order chi connectivity index (χ1) is 8.83. The van der Waals surface area contributed by atoms with Gasteiger partial charge in [0.25, 0.3) is 0 Å². The molecule has 2 unspecified atom stereocenters. The van der Waals surface area contributed by atoms with Gasteiger partial charge in [-0.1, -0.05) is 6.07 Å². The summed E-state index contributed by atoms with van der Waals surface area (Å²) in [6.45, 7) is 1.76. The summed E-state index contributed by atoms with van der Waals surface area (Å²) < 4.78 is 10.3. The Morgan fingerprint density at radius 2 is 2.33 bits per heavy atom. The molecule has 2 rings (SSSR count). The zero-order chi connectivity index (χ0) is 12.8. The van der Waals surface area contributed by atoms with Crippen LogP contribution in [0.1, 0.15) is 30.0 Å². The molecule has 18 heavy (non-hydrogen) atoms. The van der Waals surface area contributed by atoms with Crippen LogP contribution in [-0.4, -0.2) is 43.1 Å². The Morgan fingerprint density at radius 3 is 3.17 bits per heavy atom. The van der Waals surface area contributed by atoms with E-state index >= 15 is 0 Å². The average molecular weight is 251 g/mol. The maximum Gasteiger partial charge on any atom is 0.0700 e. The highest BCUT2D eigenvalue weighted by Crippen LogP contribution is 2.34. The van der Waals surface area contributed by atoms with Crippen molar-refractivity contribution in [2.45, 2.75) is 31.3 Å².